The Balaban J connectivity index is 3.71. The van der Waals surface area contributed by atoms with Crippen LogP contribution in [0.3, 0.4) is 0 Å². The molecule has 0 spiro atoms. The topological polar surface area (TPSA) is 20.2 Å². The van der Waals surface area contributed by atoms with Crippen molar-refractivity contribution in [3.05, 3.63) is 28.8 Å². The molecule has 1 aromatic rings. The van der Waals surface area contributed by atoms with E-state index in [9.17, 15) is 39.5 Å². The lowest BCUT2D eigenvalue weighted by Crippen LogP contribution is -2.19. The molecule has 0 unspecified atom stereocenters. The van der Waals surface area contributed by atoms with Crippen molar-refractivity contribution in [2.75, 3.05) is 0 Å². The van der Waals surface area contributed by atoms with Gasteiger partial charge in [0, 0.05) is 0 Å². The van der Waals surface area contributed by atoms with Crippen LogP contribution in [0.2, 0.25) is 0 Å². The highest BCUT2D eigenvalue weighted by molar-refractivity contribution is 5.49. The Kier molecular flexibility index (Phi) is 3.42. The largest absolute Gasteiger partial charge is 0.507 e. The third kappa shape index (κ3) is 3.04. The minimum absolute atomic E-state index is 0.257. The fraction of sp³-hybridized carbons (Fsp3) is 0.333. The molecule has 1 aromatic carbocycles. The van der Waals surface area contributed by atoms with Crippen molar-refractivity contribution >= 4 is 0 Å². The molecule has 0 saturated heterocycles. The Bertz CT molecular complexity index is 480. The monoisotopic (exact) mass is 298 g/mol. The summed E-state index contributed by atoms with van der Waals surface area (Å²) in [4.78, 5) is 0. The van der Waals surface area contributed by atoms with E-state index >= 15 is 0 Å². The maximum atomic E-state index is 12.4. The summed E-state index contributed by atoms with van der Waals surface area (Å²) in [6.07, 6.45) is -16.7. The van der Waals surface area contributed by atoms with Gasteiger partial charge in [0.2, 0.25) is 0 Å². The van der Waals surface area contributed by atoms with Crippen molar-refractivity contribution in [3.63, 3.8) is 0 Å². The van der Waals surface area contributed by atoms with Crippen molar-refractivity contribution in [2.45, 2.75) is 18.5 Å². The van der Waals surface area contributed by atoms with Crippen LogP contribution in [0.4, 0.5) is 39.5 Å². The number of halogens is 9. The molecule has 10 heteroatoms. The Morgan fingerprint density at radius 3 is 1.32 bits per heavy atom. The second kappa shape index (κ2) is 4.20. The number of alkyl halides is 9. The zero-order valence-electron chi connectivity index (χ0n) is 8.50. The van der Waals surface area contributed by atoms with Crippen LogP contribution in [-0.4, -0.2) is 5.11 Å². The normalized spacial score (nSPS) is 13.7. The van der Waals surface area contributed by atoms with Crippen LogP contribution in [0, 0.1) is 0 Å². The number of hydrogen-bond donors (Lipinski definition) is 1. The minimum atomic E-state index is -5.78. The Labute approximate surface area is 98.8 Å². The van der Waals surface area contributed by atoms with Crippen LogP contribution in [0.15, 0.2) is 12.1 Å². The van der Waals surface area contributed by atoms with Crippen molar-refractivity contribution in [3.8, 4) is 5.75 Å². The molecule has 1 nitrogen and oxygen atoms in total. The van der Waals surface area contributed by atoms with E-state index in [0.717, 1.165) is 0 Å². The molecule has 0 saturated carbocycles. The molecule has 0 fully saturated rings. The first-order valence-corrected chi connectivity index (χ1v) is 4.34. The number of aromatic hydroxyl groups is 1. The van der Waals surface area contributed by atoms with Gasteiger partial charge in [-0.05, 0) is 12.1 Å². The Hall–Kier alpha value is -1.61. The van der Waals surface area contributed by atoms with E-state index in [1.807, 2.05) is 0 Å². The highest BCUT2D eigenvalue weighted by Gasteiger charge is 2.48. The predicted molar refractivity (Wildman–Crippen MR) is 43.1 cm³/mol. The van der Waals surface area contributed by atoms with Gasteiger partial charge in [-0.25, -0.2) is 0 Å². The lowest BCUT2D eigenvalue weighted by atomic mass is 10.0. The summed E-state index contributed by atoms with van der Waals surface area (Å²) < 4.78 is 111. The molecule has 0 aliphatic heterocycles. The lowest BCUT2D eigenvalue weighted by molar-refractivity contribution is -0.165. The lowest BCUT2D eigenvalue weighted by Gasteiger charge is -2.19. The summed E-state index contributed by atoms with van der Waals surface area (Å²) in [6.45, 7) is 0. The molecule has 0 aliphatic carbocycles. The van der Waals surface area contributed by atoms with Gasteiger partial charge in [-0.1, -0.05) is 0 Å². The fourth-order valence-corrected chi connectivity index (χ4v) is 1.34. The summed E-state index contributed by atoms with van der Waals surface area (Å²) >= 11 is 0. The summed E-state index contributed by atoms with van der Waals surface area (Å²) in [7, 11) is 0. The van der Waals surface area contributed by atoms with Crippen LogP contribution >= 0.6 is 0 Å². The Morgan fingerprint density at radius 1 is 0.632 bits per heavy atom. The van der Waals surface area contributed by atoms with E-state index in [-0.39, 0.29) is 12.1 Å². The smallest absolute Gasteiger partial charge is 0.420 e. The van der Waals surface area contributed by atoms with Gasteiger partial charge in [0.1, 0.15) is 11.3 Å². The number of phenolic OH excluding ortho intramolecular Hbond substituents is 1. The first-order chi connectivity index (χ1) is 8.26. The fourth-order valence-electron chi connectivity index (χ4n) is 1.34. The van der Waals surface area contributed by atoms with Crippen molar-refractivity contribution in [1.29, 1.82) is 0 Å². The maximum absolute atomic E-state index is 12.4. The molecular formula is C9H3F9O. The molecule has 1 N–H and O–H groups in total. The third-order valence-electron chi connectivity index (χ3n) is 2.07. The van der Waals surface area contributed by atoms with E-state index in [4.69, 9.17) is 5.11 Å². The van der Waals surface area contributed by atoms with Crippen molar-refractivity contribution in [2.24, 2.45) is 0 Å². The summed E-state index contributed by atoms with van der Waals surface area (Å²) in [5.74, 6) is -2.49. The standard InChI is InChI=1S/C9H3F9O/c10-7(11,12)3-1-2-4(8(13,14)15)6(19)5(3)9(16,17)18/h1-2,19H. The van der Waals surface area contributed by atoms with E-state index < -0.39 is 41.0 Å². The minimum Gasteiger partial charge on any atom is -0.507 e. The molecular weight excluding hydrogens is 295 g/mol. The Morgan fingerprint density at radius 2 is 1.00 bits per heavy atom. The highest BCUT2D eigenvalue weighted by Crippen LogP contribution is 2.48. The number of rotatable bonds is 0. The van der Waals surface area contributed by atoms with E-state index in [2.05, 4.69) is 0 Å². The molecule has 0 radical (unpaired) electrons. The summed E-state index contributed by atoms with van der Waals surface area (Å²) in [5, 5.41) is 8.86. The van der Waals surface area contributed by atoms with E-state index in [1.165, 1.54) is 0 Å². The molecule has 0 aliphatic rings. The van der Waals surface area contributed by atoms with Crippen LogP contribution in [-0.2, 0) is 18.5 Å². The second-order valence-corrected chi connectivity index (χ2v) is 3.38. The second-order valence-electron chi connectivity index (χ2n) is 3.38. The van der Waals surface area contributed by atoms with Gasteiger partial charge in [0.05, 0.1) is 11.1 Å². The van der Waals surface area contributed by atoms with E-state index in [1.54, 1.807) is 0 Å². The third-order valence-corrected chi connectivity index (χ3v) is 2.07. The molecule has 0 aromatic heterocycles. The van der Waals surface area contributed by atoms with Crippen LogP contribution in [0.25, 0.3) is 0 Å². The van der Waals surface area contributed by atoms with Gasteiger partial charge in [0.25, 0.3) is 0 Å². The molecule has 108 valence electrons. The van der Waals surface area contributed by atoms with E-state index in [0.29, 0.717) is 0 Å². The van der Waals surface area contributed by atoms with Crippen molar-refractivity contribution < 1.29 is 44.6 Å². The number of hydrogen-bond acceptors (Lipinski definition) is 1. The van der Waals surface area contributed by atoms with Crippen LogP contribution in [0.1, 0.15) is 16.7 Å². The molecule has 0 atom stereocenters. The molecule has 0 bridgehead atoms. The molecule has 19 heavy (non-hydrogen) atoms. The predicted octanol–water partition coefficient (Wildman–Crippen LogP) is 4.45. The first kappa shape index (κ1) is 15.4. The van der Waals surface area contributed by atoms with Gasteiger partial charge in [-0.2, -0.15) is 39.5 Å². The quantitative estimate of drug-likeness (QED) is 0.702. The number of phenols is 1. The van der Waals surface area contributed by atoms with Gasteiger partial charge >= 0.3 is 18.5 Å². The molecule has 0 heterocycles. The zero-order chi connectivity index (χ0) is 15.2. The van der Waals surface area contributed by atoms with Gasteiger partial charge in [-0.3, -0.25) is 0 Å². The van der Waals surface area contributed by atoms with Crippen LogP contribution < -0.4 is 0 Å². The zero-order valence-corrected chi connectivity index (χ0v) is 8.50. The summed E-state index contributed by atoms with van der Waals surface area (Å²) in [6, 6.07) is -0.626. The SMILES string of the molecule is Oc1c(C(F)(F)F)ccc(C(F)(F)F)c1C(F)(F)F. The average Bonchev–Trinajstić information content (AvgIpc) is 2.11. The van der Waals surface area contributed by atoms with Crippen molar-refractivity contribution in [1.82, 2.24) is 0 Å². The van der Waals surface area contributed by atoms with Gasteiger partial charge in [-0.15, -0.1) is 0 Å². The highest BCUT2D eigenvalue weighted by atomic mass is 19.4. The summed E-state index contributed by atoms with van der Waals surface area (Å²) in [5.41, 5.74) is -7.33. The average molecular weight is 298 g/mol. The van der Waals surface area contributed by atoms with Gasteiger partial charge in [0.15, 0.2) is 0 Å². The van der Waals surface area contributed by atoms with Crippen LogP contribution in [0.5, 0.6) is 5.75 Å². The first-order valence-electron chi connectivity index (χ1n) is 4.34. The maximum Gasteiger partial charge on any atom is 0.420 e. The molecule has 0 amide bonds. The van der Waals surface area contributed by atoms with Gasteiger partial charge < -0.3 is 5.11 Å². The molecule has 1 rings (SSSR count). The number of benzene rings is 1.